The summed E-state index contributed by atoms with van der Waals surface area (Å²) in [7, 11) is 0. The third-order valence-corrected chi connectivity index (χ3v) is 3.93. The summed E-state index contributed by atoms with van der Waals surface area (Å²) in [5, 5.41) is 10.9. The minimum Gasteiger partial charge on any atom is -0.462 e. The Morgan fingerprint density at radius 1 is 1.30 bits per heavy atom. The molecular weight excluding hydrogens is 360 g/mol. The van der Waals surface area contributed by atoms with Gasteiger partial charge in [-0.2, -0.15) is 0 Å². The molecule has 11 nitrogen and oxygen atoms in total. The molecule has 11 heteroatoms. The summed E-state index contributed by atoms with van der Waals surface area (Å²) in [4.78, 5) is 51.0. The van der Waals surface area contributed by atoms with Gasteiger partial charge in [0.2, 0.25) is 11.8 Å². The van der Waals surface area contributed by atoms with Gasteiger partial charge in [-0.15, -0.1) is 0 Å². The molecule has 27 heavy (non-hydrogen) atoms. The van der Waals surface area contributed by atoms with E-state index in [0.717, 1.165) is 0 Å². The van der Waals surface area contributed by atoms with Crippen molar-refractivity contribution in [3.63, 3.8) is 0 Å². The Hall–Kier alpha value is -3.89. The minimum absolute atomic E-state index is 0.0530. The van der Waals surface area contributed by atoms with Crippen LogP contribution < -0.4 is 21.7 Å². The number of carbonyl (C=O) groups is 1. The van der Waals surface area contributed by atoms with E-state index < -0.39 is 28.1 Å². The maximum absolute atomic E-state index is 12.4. The van der Waals surface area contributed by atoms with Crippen LogP contribution >= 0.6 is 0 Å². The van der Waals surface area contributed by atoms with E-state index >= 15 is 0 Å². The van der Waals surface area contributed by atoms with E-state index in [9.17, 15) is 24.5 Å². The summed E-state index contributed by atoms with van der Waals surface area (Å²) in [5.74, 6) is -2.41. The Labute approximate surface area is 150 Å². The average Bonchev–Trinajstić information content (AvgIpc) is 2.60. The third kappa shape index (κ3) is 3.17. The van der Waals surface area contributed by atoms with Crippen molar-refractivity contribution in [3.8, 4) is 5.88 Å². The van der Waals surface area contributed by atoms with E-state index in [4.69, 9.17) is 15.2 Å². The number of nitro groups is 1. The lowest BCUT2D eigenvalue weighted by Crippen LogP contribution is -2.35. The van der Waals surface area contributed by atoms with Gasteiger partial charge < -0.3 is 15.2 Å². The largest absolute Gasteiger partial charge is 0.462 e. The summed E-state index contributed by atoms with van der Waals surface area (Å²) < 4.78 is 10.3. The molecular formula is C16H14N4O7. The van der Waals surface area contributed by atoms with Crippen molar-refractivity contribution in [1.82, 2.24) is 9.97 Å². The number of non-ortho nitro benzene ring substituents is 1. The van der Waals surface area contributed by atoms with Gasteiger partial charge in [0.1, 0.15) is 5.57 Å². The lowest BCUT2D eigenvalue weighted by molar-refractivity contribution is -0.384. The summed E-state index contributed by atoms with van der Waals surface area (Å²) in [6, 6.07) is 5.22. The van der Waals surface area contributed by atoms with Crippen LogP contribution in [0.1, 0.15) is 24.0 Å². The Kier molecular flexibility index (Phi) is 4.50. The van der Waals surface area contributed by atoms with Crippen LogP contribution in [0.4, 0.5) is 5.69 Å². The van der Waals surface area contributed by atoms with Crippen molar-refractivity contribution in [3.05, 3.63) is 77.8 Å². The number of carbonyl (C=O) groups excluding carboxylic acids is 1. The Morgan fingerprint density at radius 3 is 2.56 bits per heavy atom. The Balaban J connectivity index is 2.25. The molecule has 1 atom stereocenters. The number of fused-ring (bicyclic) bond motifs is 1. The molecule has 1 aromatic carbocycles. The molecule has 4 N–H and O–H groups in total. The van der Waals surface area contributed by atoms with Crippen LogP contribution in [0.2, 0.25) is 0 Å². The summed E-state index contributed by atoms with van der Waals surface area (Å²) in [6.45, 7) is 1.65. The van der Waals surface area contributed by atoms with Crippen molar-refractivity contribution in [2.45, 2.75) is 12.8 Å². The van der Waals surface area contributed by atoms with Crippen molar-refractivity contribution in [2.75, 3.05) is 6.61 Å². The standard InChI is InChI=1S/C16H14N4O7/c1-2-26-15(22)10-9(7-3-5-8(6-4-7)20(24)25)11-13(21)18-16(23)19-14(11)27-12(10)17/h3-6,9H,2,17H2,1H3,(H2,18,19,21,23)/t9-/m1/s1. The first-order valence-corrected chi connectivity index (χ1v) is 7.79. The van der Waals surface area contributed by atoms with E-state index in [1.54, 1.807) is 6.92 Å². The molecule has 1 aliphatic rings. The fraction of sp³-hybridized carbons (Fsp3) is 0.188. The molecule has 2 aromatic rings. The van der Waals surface area contributed by atoms with Crippen LogP contribution in [-0.4, -0.2) is 27.5 Å². The van der Waals surface area contributed by atoms with E-state index in [0.29, 0.717) is 5.56 Å². The smallest absolute Gasteiger partial charge is 0.340 e. The van der Waals surface area contributed by atoms with Gasteiger partial charge in [0, 0.05) is 12.1 Å². The molecule has 0 spiro atoms. The predicted molar refractivity (Wildman–Crippen MR) is 91.1 cm³/mol. The second kappa shape index (κ2) is 6.78. The summed E-state index contributed by atoms with van der Waals surface area (Å²) in [6.07, 6.45) is 0. The molecule has 3 rings (SSSR count). The molecule has 1 aliphatic heterocycles. The van der Waals surface area contributed by atoms with Crippen molar-refractivity contribution in [2.24, 2.45) is 5.73 Å². The number of nitro benzene ring substituents is 1. The van der Waals surface area contributed by atoms with Crippen LogP contribution in [-0.2, 0) is 9.53 Å². The first-order chi connectivity index (χ1) is 12.8. The molecule has 0 saturated carbocycles. The minimum atomic E-state index is -1.05. The van der Waals surface area contributed by atoms with Crippen LogP contribution in [0.15, 0.2) is 45.3 Å². The number of rotatable bonds is 4. The van der Waals surface area contributed by atoms with Crippen LogP contribution in [0.3, 0.4) is 0 Å². The summed E-state index contributed by atoms with van der Waals surface area (Å²) in [5.41, 5.74) is 4.22. The second-order valence-electron chi connectivity index (χ2n) is 5.53. The van der Waals surface area contributed by atoms with Crippen LogP contribution in [0.5, 0.6) is 5.88 Å². The number of nitrogens with zero attached hydrogens (tertiary/aromatic N) is 1. The number of nitrogens with one attached hydrogen (secondary N) is 2. The van der Waals surface area contributed by atoms with Crippen LogP contribution in [0.25, 0.3) is 0 Å². The number of hydrogen-bond donors (Lipinski definition) is 3. The molecule has 1 aromatic heterocycles. The zero-order chi connectivity index (χ0) is 19.7. The van der Waals surface area contributed by atoms with Gasteiger partial charge in [0.25, 0.3) is 11.2 Å². The summed E-state index contributed by atoms with van der Waals surface area (Å²) >= 11 is 0. The molecule has 140 valence electrons. The number of aromatic nitrogens is 2. The average molecular weight is 374 g/mol. The zero-order valence-corrected chi connectivity index (χ0v) is 14.0. The zero-order valence-electron chi connectivity index (χ0n) is 14.0. The van der Waals surface area contributed by atoms with Gasteiger partial charge in [-0.25, -0.2) is 9.59 Å². The molecule has 0 bridgehead atoms. The van der Waals surface area contributed by atoms with E-state index in [1.807, 2.05) is 0 Å². The molecule has 2 heterocycles. The van der Waals surface area contributed by atoms with Gasteiger partial charge in [0.05, 0.1) is 23.0 Å². The topological polar surface area (TPSA) is 170 Å². The number of hydrogen-bond acceptors (Lipinski definition) is 8. The van der Waals surface area contributed by atoms with Crippen molar-refractivity contribution in [1.29, 1.82) is 0 Å². The molecule has 0 aliphatic carbocycles. The highest BCUT2D eigenvalue weighted by molar-refractivity contribution is 5.92. The lowest BCUT2D eigenvalue weighted by Gasteiger charge is -2.26. The number of ether oxygens (including phenoxy) is 2. The number of esters is 1. The molecule has 0 unspecified atom stereocenters. The van der Waals surface area contributed by atoms with Crippen LogP contribution in [0, 0.1) is 10.1 Å². The third-order valence-electron chi connectivity index (χ3n) is 3.93. The molecule has 0 amide bonds. The number of H-pyrrole nitrogens is 2. The highest BCUT2D eigenvalue weighted by Crippen LogP contribution is 2.39. The highest BCUT2D eigenvalue weighted by atomic mass is 16.6. The fourth-order valence-corrected chi connectivity index (χ4v) is 2.82. The van der Waals surface area contributed by atoms with E-state index in [2.05, 4.69) is 9.97 Å². The normalized spacial score (nSPS) is 15.7. The van der Waals surface area contributed by atoms with E-state index in [1.165, 1.54) is 24.3 Å². The monoisotopic (exact) mass is 374 g/mol. The quantitative estimate of drug-likeness (QED) is 0.388. The SMILES string of the molecule is CCOC(=O)C1=C(N)Oc2[nH]c(=O)[nH]c(=O)c2[C@@H]1c1ccc([N+](=O)[O-])cc1. The first-order valence-electron chi connectivity index (χ1n) is 7.79. The second-order valence-corrected chi connectivity index (χ2v) is 5.53. The fourth-order valence-electron chi connectivity index (χ4n) is 2.82. The lowest BCUT2D eigenvalue weighted by atomic mass is 9.84. The van der Waals surface area contributed by atoms with Crippen molar-refractivity contribution < 1.29 is 19.2 Å². The van der Waals surface area contributed by atoms with Crippen molar-refractivity contribution >= 4 is 11.7 Å². The first kappa shape index (κ1) is 17.9. The Bertz CT molecular complexity index is 1070. The van der Waals surface area contributed by atoms with Gasteiger partial charge in [-0.1, -0.05) is 12.1 Å². The molecule has 0 saturated heterocycles. The molecule has 0 radical (unpaired) electrons. The predicted octanol–water partition coefficient (Wildman–Crippen LogP) is 0.229. The maximum atomic E-state index is 12.4. The Morgan fingerprint density at radius 2 is 1.96 bits per heavy atom. The van der Waals surface area contributed by atoms with Gasteiger partial charge in [-0.3, -0.25) is 24.9 Å². The maximum Gasteiger partial charge on any atom is 0.340 e. The molecule has 0 fully saturated rings. The number of nitrogens with two attached hydrogens (primary N) is 1. The van der Waals surface area contributed by atoms with Gasteiger partial charge in [0.15, 0.2) is 0 Å². The van der Waals surface area contributed by atoms with Gasteiger partial charge >= 0.3 is 11.7 Å². The van der Waals surface area contributed by atoms with Gasteiger partial charge in [-0.05, 0) is 12.5 Å². The number of aromatic amines is 2. The highest BCUT2D eigenvalue weighted by Gasteiger charge is 2.38. The van der Waals surface area contributed by atoms with E-state index in [-0.39, 0.29) is 35.2 Å². The number of benzene rings is 1.